The van der Waals surface area contributed by atoms with Crippen molar-refractivity contribution in [1.82, 2.24) is 14.5 Å². The third-order valence-corrected chi connectivity index (χ3v) is 4.58. The fraction of sp³-hybridized carbons (Fsp3) is 0.190. The number of nitrogens with one attached hydrogen (secondary N) is 1. The van der Waals surface area contributed by atoms with Crippen molar-refractivity contribution < 1.29 is 0 Å². The molecule has 1 N–H and O–H groups in total. The highest BCUT2D eigenvalue weighted by Crippen LogP contribution is 2.29. The van der Waals surface area contributed by atoms with E-state index in [0.717, 1.165) is 11.4 Å². The molecular weight excluding hydrogens is 294 g/mol. The quantitative estimate of drug-likeness (QED) is 0.535. The molecule has 0 saturated carbocycles. The van der Waals surface area contributed by atoms with Crippen LogP contribution in [0.1, 0.15) is 30.9 Å². The van der Waals surface area contributed by atoms with Crippen molar-refractivity contribution >= 4 is 10.9 Å². The smallest absolute Gasteiger partial charge is 0.0997 e. The van der Waals surface area contributed by atoms with Crippen molar-refractivity contribution in [2.75, 3.05) is 0 Å². The molecule has 0 saturated heterocycles. The molecule has 0 fully saturated rings. The molecule has 0 unspecified atom stereocenters. The van der Waals surface area contributed by atoms with Crippen LogP contribution in [-0.4, -0.2) is 14.5 Å². The number of benzene rings is 2. The minimum atomic E-state index is 0.494. The molecule has 4 aromatic rings. The van der Waals surface area contributed by atoms with Crippen molar-refractivity contribution in [2.24, 2.45) is 0 Å². The Morgan fingerprint density at radius 1 is 1.04 bits per heavy atom. The van der Waals surface area contributed by atoms with E-state index in [2.05, 4.69) is 84.0 Å². The molecule has 0 bridgehead atoms. The van der Waals surface area contributed by atoms with Gasteiger partial charge in [0.15, 0.2) is 0 Å². The molecule has 24 heavy (non-hydrogen) atoms. The second kappa shape index (κ2) is 5.68. The Hall–Kier alpha value is -2.81. The fourth-order valence-electron chi connectivity index (χ4n) is 3.20. The molecule has 0 amide bonds. The maximum Gasteiger partial charge on any atom is 0.0997 e. The van der Waals surface area contributed by atoms with Gasteiger partial charge in [0.2, 0.25) is 0 Å². The minimum absolute atomic E-state index is 0.494. The Morgan fingerprint density at radius 2 is 1.83 bits per heavy atom. The molecule has 0 radical (unpaired) electrons. The lowest BCUT2D eigenvalue weighted by molar-refractivity contribution is 0.875. The zero-order valence-corrected chi connectivity index (χ0v) is 14.2. The summed E-state index contributed by atoms with van der Waals surface area (Å²) in [6, 6.07) is 15.1. The third-order valence-electron chi connectivity index (χ3n) is 4.58. The highest BCUT2D eigenvalue weighted by atomic mass is 15.0. The summed E-state index contributed by atoms with van der Waals surface area (Å²) in [5, 5.41) is 1.28. The highest BCUT2D eigenvalue weighted by Gasteiger charge is 2.11. The molecule has 0 aliphatic heterocycles. The maximum atomic E-state index is 4.38. The van der Waals surface area contributed by atoms with Crippen LogP contribution in [0.3, 0.4) is 0 Å². The first-order valence-corrected chi connectivity index (χ1v) is 8.34. The van der Waals surface area contributed by atoms with Crippen molar-refractivity contribution in [2.45, 2.75) is 26.7 Å². The summed E-state index contributed by atoms with van der Waals surface area (Å²) in [5.74, 6) is 0.494. The number of fused-ring (bicyclic) bond motifs is 1. The number of hydrogen-bond acceptors (Lipinski definition) is 1. The van der Waals surface area contributed by atoms with Crippen molar-refractivity contribution in [3.05, 3.63) is 72.3 Å². The zero-order valence-electron chi connectivity index (χ0n) is 14.2. The Bertz CT molecular complexity index is 988. The summed E-state index contributed by atoms with van der Waals surface area (Å²) in [5.41, 5.74) is 7.22. The number of imidazole rings is 1. The summed E-state index contributed by atoms with van der Waals surface area (Å²) in [7, 11) is 0. The molecule has 120 valence electrons. The lowest BCUT2D eigenvalue weighted by Crippen LogP contribution is -1.95. The van der Waals surface area contributed by atoms with Crippen LogP contribution in [0, 0.1) is 6.92 Å². The van der Waals surface area contributed by atoms with E-state index in [1.54, 1.807) is 0 Å². The van der Waals surface area contributed by atoms with E-state index >= 15 is 0 Å². The number of hydrogen-bond donors (Lipinski definition) is 1. The van der Waals surface area contributed by atoms with E-state index in [1.807, 2.05) is 12.5 Å². The number of aromatic amines is 1. The van der Waals surface area contributed by atoms with Gasteiger partial charge in [-0.3, -0.25) is 4.57 Å². The van der Waals surface area contributed by atoms with Crippen LogP contribution in [0.15, 0.2) is 61.2 Å². The summed E-state index contributed by atoms with van der Waals surface area (Å²) in [6.07, 6.45) is 5.93. The van der Waals surface area contributed by atoms with Gasteiger partial charge in [-0.25, -0.2) is 4.98 Å². The lowest BCUT2D eigenvalue weighted by atomic mass is 10.0. The first kappa shape index (κ1) is 14.8. The van der Waals surface area contributed by atoms with Gasteiger partial charge >= 0.3 is 0 Å². The Labute approximate surface area is 142 Å². The minimum Gasteiger partial charge on any atom is -0.361 e. The average molecular weight is 315 g/mol. The van der Waals surface area contributed by atoms with E-state index in [1.165, 1.54) is 27.6 Å². The van der Waals surface area contributed by atoms with Crippen LogP contribution < -0.4 is 0 Å². The van der Waals surface area contributed by atoms with Crippen LogP contribution in [0.5, 0.6) is 0 Å². The van der Waals surface area contributed by atoms with Crippen LogP contribution in [0.25, 0.3) is 27.8 Å². The summed E-state index contributed by atoms with van der Waals surface area (Å²) in [4.78, 5) is 7.75. The number of aromatic nitrogens is 3. The molecule has 2 heterocycles. The largest absolute Gasteiger partial charge is 0.361 e. The van der Waals surface area contributed by atoms with E-state index < -0.39 is 0 Å². The van der Waals surface area contributed by atoms with Gasteiger partial charge in [-0.15, -0.1) is 0 Å². The van der Waals surface area contributed by atoms with Crippen LogP contribution in [0.2, 0.25) is 0 Å². The average Bonchev–Trinajstić information content (AvgIpc) is 3.21. The zero-order chi connectivity index (χ0) is 16.7. The molecule has 0 atom stereocenters. The van der Waals surface area contributed by atoms with Crippen molar-refractivity contribution in [3.63, 3.8) is 0 Å². The molecule has 0 aliphatic rings. The number of rotatable bonds is 3. The number of nitrogens with zero attached hydrogens (tertiary/aromatic N) is 2. The topological polar surface area (TPSA) is 33.6 Å². The van der Waals surface area contributed by atoms with Gasteiger partial charge in [-0.05, 0) is 36.6 Å². The second-order valence-corrected chi connectivity index (χ2v) is 6.64. The van der Waals surface area contributed by atoms with Gasteiger partial charge < -0.3 is 4.98 Å². The van der Waals surface area contributed by atoms with Gasteiger partial charge in [0.1, 0.15) is 0 Å². The SMILES string of the molecule is Cc1ccc(-c2cncn2-c2ccc3[nH]cc(C(C)C)c3c2)cc1. The Morgan fingerprint density at radius 3 is 2.58 bits per heavy atom. The van der Waals surface area contributed by atoms with Gasteiger partial charge in [-0.1, -0.05) is 43.7 Å². The van der Waals surface area contributed by atoms with Crippen molar-refractivity contribution in [3.8, 4) is 16.9 Å². The normalized spacial score (nSPS) is 11.5. The standard InChI is InChI=1S/C21H21N3/c1-14(2)19-11-23-20-9-8-17(10-18(19)20)24-13-22-12-21(24)16-6-4-15(3)5-7-16/h4-14,23H,1-3H3. The first-order valence-electron chi connectivity index (χ1n) is 8.34. The van der Waals surface area contributed by atoms with Gasteiger partial charge in [0, 0.05) is 28.4 Å². The number of H-pyrrole nitrogens is 1. The van der Waals surface area contributed by atoms with Gasteiger partial charge in [0.25, 0.3) is 0 Å². The summed E-state index contributed by atoms with van der Waals surface area (Å²) in [6.45, 7) is 6.56. The number of aryl methyl sites for hydroxylation is 1. The lowest BCUT2D eigenvalue weighted by Gasteiger charge is -2.10. The molecular formula is C21H21N3. The molecule has 3 heteroatoms. The van der Waals surface area contributed by atoms with Gasteiger partial charge in [-0.2, -0.15) is 0 Å². The second-order valence-electron chi connectivity index (χ2n) is 6.64. The highest BCUT2D eigenvalue weighted by molar-refractivity contribution is 5.86. The van der Waals surface area contributed by atoms with Crippen LogP contribution in [-0.2, 0) is 0 Å². The maximum absolute atomic E-state index is 4.38. The predicted molar refractivity (Wildman–Crippen MR) is 99.7 cm³/mol. The van der Waals surface area contributed by atoms with E-state index in [0.29, 0.717) is 5.92 Å². The van der Waals surface area contributed by atoms with E-state index in [-0.39, 0.29) is 0 Å². The monoisotopic (exact) mass is 315 g/mol. The summed E-state index contributed by atoms with van der Waals surface area (Å²) < 4.78 is 2.15. The predicted octanol–water partition coefficient (Wildman–Crippen LogP) is 5.45. The van der Waals surface area contributed by atoms with E-state index in [4.69, 9.17) is 0 Å². The first-order chi connectivity index (χ1) is 11.6. The van der Waals surface area contributed by atoms with Crippen molar-refractivity contribution in [1.29, 1.82) is 0 Å². The molecule has 3 nitrogen and oxygen atoms in total. The molecule has 0 aliphatic carbocycles. The third kappa shape index (κ3) is 2.42. The van der Waals surface area contributed by atoms with Gasteiger partial charge in [0.05, 0.1) is 18.2 Å². The molecule has 4 rings (SSSR count). The Kier molecular flexibility index (Phi) is 3.49. The van der Waals surface area contributed by atoms with Crippen LogP contribution >= 0.6 is 0 Å². The molecule has 2 aromatic heterocycles. The van der Waals surface area contributed by atoms with Crippen LogP contribution in [0.4, 0.5) is 0 Å². The van der Waals surface area contributed by atoms with E-state index in [9.17, 15) is 0 Å². The molecule has 2 aromatic carbocycles. The Balaban J connectivity index is 1.85. The molecule has 0 spiro atoms. The fourth-order valence-corrected chi connectivity index (χ4v) is 3.20. The summed E-state index contributed by atoms with van der Waals surface area (Å²) >= 11 is 0.